The maximum Gasteiger partial charge on any atom is 0.257 e. The Balaban J connectivity index is 2.05. The zero-order valence-electron chi connectivity index (χ0n) is 27.4. The monoisotopic (exact) mass is 546 g/mol. The molecule has 2 nitrogen and oxygen atoms in total. The molecule has 1 aromatic rings. The van der Waals surface area contributed by atoms with Crippen LogP contribution in [0.15, 0.2) is 12.4 Å². The second-order valence-electron chi connectivity index (χ2n) is 12.7. The van der Waals surface area contributed by atoms with Gasteiger partial charge in [0, 0.05) is 0 Å². The van der Waals surface area contributed by atoms with Gasteiger partial charge in [0.1, 0.15) is 12.4 Å². The number of imidazole rings is 1. The molecule has 0 fully saturated rings. The zero-order valence-corrected chi connectivity index (χ0v) is 27.4. The van der Waals surface area contributed by atoms with Gasteiger partial charge in [0.2, 0.25) is 0 Å². The molecule has 0 aromatic carbocycles. The summed E-state index contributed by atoms with van der Waals surface area (Å²) < 4.78 is 2.45. The summed E-state index contributed by atoms with van der Waals surface area (Å²) in [6.45, 7) is 7.99. The third-order valence-electron chi connectivity index (χ3n) is 9.08. The van der Waals surface area contributed by atoms with Gasteiger partial charge in [-0.05, 0) is 19.8 Å². The molecule has 2 heteroatoms. The highest BCUT2D eigenvalue weighted by Gasteiger charge is 2.21. The van der Waals surface area contributed by atoms with Gasteiger partial charge in [-0.25, -0.2) is 9.55 Å². The standard InChI is InChI=1S/C37H72N2/c1-4-7-9-11-13-15-17-18-19-20-21-23-25-27-29-31-33-36(37-38-34-35-39(37)6-3)32-30-28-26-24-22-16-14-12-10-8-5-2/h34-36H,4-33H2,1-3H3/p+1/t36-/m0/s1. The molecular weight excluding hydrogens is 472 g/mol. The summed E-state index contributed by atoms with van der Waals surface area (Å²) in [5, 5.41) is 0. The number of nitrogens with one attached hydrogen (secondary N) is 1. The first kappa shape index (κ1) is 36.2. The Bertz CT molecular complexity index is 592. The van der Waals surface area contributed by atoms with Gasteiger partial charge in [-0.15, -0.1) is 0 Å². The van der Waals surface area contributed by atoms with Gasteiger partial charge in [0.05, 0.1) is 12.5 Å². The Labute approximate surface area is 246 Å². The molecule has 0 spiro atoms. The Morgan fingerprint density at radius 3 is 1.08 bits per heavy atom. The van der Waals surface area contributed by atoms with Gasteiger partial charge in [-0.1, -0.05) is 187 Å². The van der Waals surface area contributed by atoms with Crippen molar-refractivity contribution >= 4 is 0 Å². The van der Waals surface area contributed by atoms with Gasteiger partial charge < -0.3 is 0 Å². The Hall–Kier alpha value is -0.790. The molecule has 230 valence electrons. The number of rotatable bonds is 31. The molecule has 1 heterocycles. The molecule has 0 aliphatic heterocycles. The molecule has 0 unspecified atom stereocenters. The molecule has 0 bridgehead atoms. The van der Waals surface area contributed by atoms with Crippen molar-refractivity contribution in [1.29, 1.82) is 0 Å². The molecule has 0 saturated heterocycles. The number of hydrogen-bond donors (Lipinski definition) is 1. The van der Waals surface area contributed by atoms with Crippen LogP contribution in [0.3, 0.4) is 0 Å². The molecule has 1 aromatic heterocycles. The predicted octanol–water partition coefficient (Wildman–Crippen LogP) is 12.8. The number of H-pyrrole nitrogens is 1. The minimum Gasteiger partial charge on any atom is -0.247 e. The van der Waals surface area contributed by atoms with Crippen molar-refractivity contribution in [2.45, 2.75) is 219 Å². The summed E-state index contributed by atoms with van der Waals surface area (Å²) in [7, 11) is 0. The maximum atomic E-state index is 3.61. The van der Waals surface area contributed by atoms with E-state index >= 15 is 0 Å². The minimum atomic E-state index is 0.727. The quantitative estimate of drug-likeness (QED) is 0.0707. The molecule has 0 aliphatic carbocycles. The number of aromatic amines is 1. The van der Waals surface area contributed by atoms with Crippen molar-refractivity contribution in [3.8, 4) is 0 Å². The Morgan fingerprint density at radius 1 is 0.462 bits per heavy atom. The van der Waals surface area contributed by atoms with Crippen LogP contribution in [0.1, 0.15) is 219 Å². The van der Waals surface area contributed by atoms with Gasteiger partial charge in [0.15, 0.2) is 0 Å². The van der Waals surface area contributed by atoms with Crippen molar-refractivity contribution in [2.75, 3.05) is 0 Å². The smallest absolute Gasteiger partial charge is 0.247 e. The van der Waals surface area contributed by atoms with Crippen LogP contribution in [0, 0.1) is 0 Å². The fourth-order valence-electron chi connectivity index (χ4n) is 6.42. The van der Waals surface area contributed by atoms with Gasteiger partial charge in [-0.3, -0.25) is 0 Å². The number of aromatic nitrogens is 2. The molecule has 0 radical (unpaired) electrons. The molecular formula is C37H73N2+. The topological polar surface area (TPSA) is 19.7 Å². The number of hydrogen-bond acceptors (Lipinski definition) is 0. The van der Waals surface area contributed by atoms with E-state index in [2.05, 4.69) is 42.7 Å². The number of unbranched alkanes of at least 4 members (excludes halogenated alkanes) is 25. The Kier molecular flexibility index (Phi) is 26.7. The first-order valence-electron chi connectivity index (χ1n) is 18.4. The van der Waals surface area contributed by atoms with E-state index in [0.717, 1.165) is 12.5 Å². The van der Waals surface area contributed by atoms with E-state index in [1.165, 1.54) is 192 Å². The molecule has 1 rings (SSSR count). The molecule has 0 saturated carbocycles. The summed E-state index contributed by atoms with van der Waals surface area (Å²) >= 11 is 0. The lowest BCUT2D eigenvalue weighted by Crippen LogP contribution is -2.36. The van der Waals surface area contributed by atoms with Crippen molar-refractivity contribution in [2.24, 2.45) is 0 Å². The Morgan fingerprint density at radius 2 is 0.769 bits per heavy atom. The van der Waals surface area contributed by atoms with Gasteiger partial charge >= 0.3 is 0 Å². The second kappa shape index (κ2) is 28.7. The van der Waals surface area contributed by atoms with Crippen molar-refractivity contribution in [3.63, 3.8) is 0 Å². The van der Waals surface area contributed by atoms with Crippen LogP contribution in [-0.2, 0) is 6.54 Å². The van der Waals surface area contributed by atoms with E-state index in [9.17, 15) is 0 Å². The lowest BCUT2D eigenvalue weighted by atomic mass is 9.93. The van der Waals surface area contributed by atoms with Crippen LogP contribution in [0.2, 0.25) is 0 Å². The maximum absolute atomic E-state index is 3.61. The highest BCUT2D eigenvalue weighted by atomic mass is 15.1. The van der Waals surface area contributed by atoms with Crippen LogP contribution in [0.25, 0.3) is 0 Å². The fourth-order valence-corrected chi connectivity index (χ4v) is 6.42. The minimum absolute atomic E-state index is 0.727. The summed E-state index contributed by atoms with van der Waals surface area (Å²) in [6.07, 6.45) is 46.2. The summed E-state index contributed by atoms with van der Waals surface area (Å²) in [6, 6.07) is 0. The average molecular weight is 546 g/mol. The SMILES string of the molecule is CCCCCCCCCCCCCCCCCC[C@H](CCCCCCCCCCCCC)c1[nH]cc[n+]1CC. The third-order valence-corrected chi connectivity index (χ3v) is 9.08. The van der Waals surface area contributed by atoms with E-state index in [-0.39, 0.29) is 0 Å². The lowest BCUT2D eigenvalue weighted by molar-refractivity contribution is -0.701. The number of nitrogens with zero attached hydrogens (tertiary/aromatic N) is 1. The molecule has 0 aliphatic rings. The van der Waals surface area contributed by atoms with Gasteiger partial charge in [-0.2, -0.15) is 0 Å². The van der Waals surface area contributed by atoms with E-state index < -0.39 is 0 Å². The first-order chi connectivity index (χ1) is 19.3. The third kappa shape index (κ3) is 21.6. The predicted molar refractivity (Wildman–Crippen MR) is 175 cm³/mol. The van der Waals surface area contributed by atoms with Crippen LogP contribution >= 0.6 is 0 Å². The summed E-state index contributed by atoms with van der Waals surface area (Å²) in [4.78, 5) is 3.61. The first-order valence-corrected chi connectivity index (χ1v) is 18.4. The lowest BCUT2D eigenvalue weighted by Gasteiger charge is -2.14. The zero-order chi connectivity index (χ0) is 28.1. The van der Waals surface area contributed by atoms with Crippen LogP contribution in [0.4, 0.5) is 0 Å². The average Bonchev–Trinajstić information content (AvgIpc) is 3.43. The van der Waals surface area contributed by atoms with Crippen molar-refractivity contribution in [1.82, 2.24) is 4.98 Å². The normalized spacial score (nSPS) is 12.4. The van der Waals surface area contributed by atoms with E-state index in [1.54, 1.807) is 0 Å². The van der Waals surface area contributed by atoms with Crippen LogP contribution in [0.5, 0.6) is 0 Å². The van der Waals surface area contributed by atoms with Crippen LogP contribution in [-0.4, -0.2) is 4.98 Å². The van der Waals surface area contributed by atoms with Gasteiger partial charge in [0.25, 0.3) is 5.82 Å². The van der Waals surface area contributed by atoms with E-state index in [1.807, 2.05) is 0 Å². The summed E-state index contributed by atoms with van der Waals surface area (Å²) in [5.74, 6) is 2.22. The van der Waals surface area contributed by atoms with E-state index in [4.69, 9.17) is 0 Å². The summed E-state index contributed by atoms with van der Waals surface area (Å²) in [5.41, 5.74) is 0. The number of aryl methyl sites for hydroxylation is 1. The van der Waals surface area contributed by atoms with Crippen molar-refractivity contribution < 1.29 is 4.57 Å². The van der Waals surface area contributed by atoms with Crippen LogP contribution < -0.4 is 4.57 Å². The molecule has 1 N–H and O–H groups in total. The van der Waals surface area contributed by atoms with Crippen molar-refractivity contribution in [3.05, 3.63) is 18.2 Å². The second-order valence-corrected chi connectivity index (χ2v) is 12.7. The fraction of sp³-hybridized carbons (Fsp3) is 0.919. The highest BCUT2D eigenvalue weighted by Crippen LogP contribution is 2.26. The van der Waals surface area contributed by atoms with E-state index in [0.29, 0.717) is 0 Å². The highest BCUT2D eigenvalue weighted by molar-refractivity contribution is 4.90. The molecule has 0 amide bonds. The largest absolute Gasteiger partial charge is 0.257 e. The molecule has 1 atom stereocenters. The molecule has 39 heavy (non-hydrogen) atoms.